The lowest BCUT2D eigenvalue weighted by Crippen LogP contribution is -1.98. The third kappa shape index (κ3) is 2.31. The SMILES string of the molecule is Cc1nc(Nc2c(F)cc(C#N)cc2F)sc1C. The summed E-state index contributed by atoms with van der Waals surface area (Å²) in [5, 5.41) is 11.6. The molecule has 0 aliphatic carbocycles. The highest BCUT2D eigenvalue weighted by Gasteiger charge is 2.13. The van der Waals surface area contributed by atoms with E-state index in [9.17, 15) is 8.78 Å². The Bertz CT molecular complexity index is 601. The number of nitriles is 1. The summed E-state index contributed by atoms with van der Waals surface area (Å²) in [6.45, 7) is 3.70. The van der Waals surface area contributed by atoms with E-state index >= 15 is 0 Å². The van der Waals surface area contributed by atoms with E-state index in [4.69, 9.17) is 5.26 Å². The van der Waals surface area contributed by atoms with Gasteiger partial charge in [-0.25, -0.2) is 13.8 Å². The van der Waals surface area contributed by atoms with Crippen molar-refractivity contribution in [2.45, 2.75) is 13.8 Å². The standard InChI is InChI=1S/C12H9F2N3S/c1-6-7(2)18-12(16-6)17-11-9(13)3-8(5-15)4-10(11)14/h3-4H,1-2H3,(H,16,17). The molecule has 1 N–H and O–H groups in total. The van der Waals surface area contributed by atoms with E-state index in [1.807, 2.05) is 13.8 Å². The number of thiazole rings is 1. The third-order valence-corrected chi connectivity index (χ3v) is 3.42. The van der Waals surface area contributed by atoms with Gasteiger partial charge in [0.25, 0.3) is 0 Å². The van der Waals surface area contributed by atoms with Gasteiger partial charge in [-0.2, -0.15) is 5.26 Å². The Balaban J connectivity index is 2.38. The molecule has 3 nitrogen and oxygen atoms in total. The topological polar surface area (TPSA) is 48.7 Å². The fourth-order valence-corrected chi connectivity index (χ4v) is 2.21. The van der Waals surface area contributed by atoms with Crippen molar-refractivity contribution in [3.63, 3.8) is 0 Å². The maximum atomic E-state index is 13.6. The van der Waals surface area contributed by atoms with Gasteiger partial charge < -0.3 is 5.32 Å². The molecule has 6 heteroatoms. The summed E-state index contributed by atoms with van der Waals surface area (Å²) in [6, 6.07) is 3.66. The predicted octanol–water partition coefficient (Wildman–Crippen LogP) is 3.65. The lowest BCUT2D eigenvalue weighted by Gasteiger charge is -2.05. The first-order valence-electron chi connectivity index (χ1n) is 5.11. The monoisotopic (exact) mass is 265 g/mol. The van der Waals surface area contributed by atoms with Crippen LogP contribution in [0.3, 0.4) is 0 Å². The van der Waals surface area contributed by atoms with E-state index in [1.54, 1.807) is 6.07 Å². The maximum absolute atomic E-state index is 13.6. The van der Waals surface area contributed by atoms with E-state index in [2.05, 4.69) is 10.3 Å². The van der Waals surface area contributed by atoms with Crippen LogP contribution in [0, 0.1) is 36.8 Å². The summed E-state index contributed by atoms with van der Waals surface area (Å²) < 4.78 is 27.2. The summed E-state index contributed by atoms with van der Waals surface area (Å²) in [5.74, 6) is -1.62. The molecule has 18 heavy (non-hydrogen) atoms. The van der Waals surface area contributed by atoms with Crippen LogP contribution in [0.25, 0.3) is 0 Å². The van der Waals surface area contributed by atoms with Gasteiger partial charge in [-0.3, -0.25) is 0 Å². The molecule has 1 aromatic heterocycles. The second-order valence-electron chi connectivity index (χ2n) is 3.71. The average molecular weight is 265 g/mol. The van der Waals surface area contributed by atoms with E-state index in [-0.39, 0.29) is 11.3 Å². The Morgan fingerprint density at radius 1 is 1.28 bits per heavy atom. The second-order valence-corrected chi connectivity index (χ2v) is 4.92. The van der Waals surface area contributed by atoms with Gasteiger partial charge >= 0.3 is 0 Å². The summed E-state index contributed by atoms with van der Waals surface area (Å²) in [5.41, 5.74) is 0.474. The minimum atomic E-state index is -0.808. The van der Waals surface area contributed by atoms with Crippen molar-refractivity contribution in [3.05, 3.63) is 39.9 Å². The van der Waals surface area contributed by atoms with Gasteiger partial charge in [-0.05, 0) is 26.0 Å². The summed E-state index contributed by atoms with van der Waals surface area (Å²) in [6.07, 6.45) is 0. The number of aromatic nitrogens is 1. The molecule has 0 fully saturated rings. The molecule has 0 aliphatic rings. The van der Waals surface area contributed by atoms with Gasteiger partial charge in [-0.1, -0.05) is 0 Å². The number of hydrogen-bond donors (Lipinski definition) is 1. The van der Waals surface area contributed by atoms with Crippen molar-refractivity contribution in [1.82, 2.24) is 4.98 Å². The van der Waals surface area contributed by atoms with E-state index in [1.165, 1.54) is 11.3 Å². The lowest BCUT2D eigenvalue weighted by atomic mass is 10.2. The summed E-state index contributed by atoms with van der Waals surface area (Å²) in [4.78, 5) is 5.12. The van der Waals surface area contributed by atoms with Crippen molar-refractivity contribution >= 4 is 22.2 Å². The Hall–Kier alpha value is -2.00. The van der Waals surface area contributed by atoms with Gasteiger partial charge in [0.1, 0.15) is 5.69 Å². The molecule has 0 bridgehead atoms. The maximum Gasteiger partial charge on any atom is 0.187 e. The molecular weight excluding hydrogens is 256 g/mol. The zero-order chi connectivity index (χ0) is 13.3. The van der Waals surface area contributed by atoms with Crippen LogP contribution in [-0.4, -0.2) is 4.98 Å². The van der Waals surface area contributed by atoms with Crippen LogP contribution in [0.1, 0.15) is 16.1 Å². The molecule has 0 spiro atoms. The number of rotatable bonds is 2. The van der Waals surface area contributed by atoms with Crippen LogP contribution in [0.4, 0.5) is 19.6 Å². The number of aryl methyl sites for hydroxylation is 2. The number of benzene rings is 1. The third-order valence-electron chi connectivity index (χ3n) is 2.43. The first-order valence-corrected chi connectivity index (χ1v) is 5.93. The van der Waals surface area contributed by atoms with Gasteiger partial charge in [0.05, 0.1) is 17.3 Å². The first kappa shape index (κ1) is 12.5. The highest BCUT2D eigenvalue weighted by Crippen LogP contribution is 2.28. The number of nitrogens with one attached hydrogen (secondary N) is 1. The van der Waals surface area contributed by atoms with Gasteiger partial charge in [-0.15, -0.1) is 11.3 Å². The largest absolute Gasteiger partial charge is 0.327 e. The molecule has 1 heterocycles. The van der Waals surface area contributed by atoms with Crippen LogP contribution >= 0.6 is 11.3 Å². The first-order chi connectivity index (χ1) is 8.51. The average Bonchev–Trinajstić information content (AvgIpc) is 2.63. The molecule has 2 rings (SSSR count). The normalized spacial score (nSPS) is 10.2. The second kappa shape index (κ2) is 4.70. The van der Waals surface area contributed by atoms with Gasteiger partial charge in [0.15, 0.2) is 16.8 Å². The molecular formula is C12H9F2N3S. The van der Waals surface area contributed by atoms with Crippen molar-refractivity contribution in [1.29, 1.82) is 5.26 Å². The number of nitrogens with zero attached hydrogens (tertiary/aromatic N) is 2. The van der Waals surface area contributed by atoms with Crippen molar-refractivity contribution in [2.75, 3.05) is 5.32 Å². The Kier molecular flexibility index (Phi) is 3.26. The van der Waals surface area contributed by atoms with Crippen LogP contribution in [0.2, 0.25) is 0 Å². The molecule has 0 amide bonds. The van der Waals surface area contributed by atoms with E-state index in [0.717, 1.165) is 22.7 Å². The van der Waals surface area contributed by atoms with Crippen molar-refractivity contribution < 1.29 is 8.78 Å². The number of anilines is 2. The zero-order valence-corrected chi connectivity index (χ0v) is 10.5. The van der Waals surface area contributed by atoms with Crippen LogP contribution in [0.15, 0.2) is 12.1 Å². The molecule has 2 aromatic rings. The molecule has 1 aromatic carbocycles. The number of halogens is 2. The smallest absolute Gasteiger partial charge is 0.187 e. The van der Waals surface area contributed by atoms with Gasteiger partial charge in [0, 0.05) is 4.88 Å². The zero-order valence-electron chi connectivity index (χ0n) is 9.71. The molecule has 0 unspecified atom stereocenters. The highest BCUT2D eigenvalue weighted by molar-refractivity contribution is 7.15. The van der Waals surface area contributed by atoms with E-state index < -0.39 is 11.6 Å². The Labute approximate surface area is 107 Å². The fourth-order valence-electron chi connectivity index (χ4n) is 1.39. The Morgan fingerprint density at radius 3 is 2.33 bits per heavy atom. The van der Waals surface area contributed by atoms with Crippen LogP contribution in [0.5, 0.6) is 0 Å². The van der Waals surface area contributed by atoms with Crippen LogP contribution < -0.4 is 5.32 Å². The minimum Gasteiger partial charge on any atom is -0.327 e. The minimum absolute atomic E-state index is 0.0537. The van der Waals surface area contributed by atoms with Crippen molar-refractivity contribution in [3.8, 4) is 6.07 Å². The van der Waals surface area contributed by atoms with Crippen LogP contribution in [-0.2, 0) is 0 Å². The molecule has 0 atom stereocenters. The quantitative estimate of drug-likeness (QED) is 0.901. The summed E-state index contributed by atoms with van der Waals surface area (Å²) >= 11 is 1.32. The lowest BCUT2D eigenvalue weighted by molar-refractivity contribution is 0.590. The molecule has 0 aliphatic heterocycles. The molecule has 0 radical (unpaired) electrons. The predicted molar refractivity (Wildman–Crippen MR) is 65.9 cm³/mol. The molecule has 92 valence electrons. The fraction of sp³-hybridized carbons (Fsp3) is 0.167. The molecule has 0 saturated heterocycles. The van der Waals surface area contributed by atoms with Crippen molar-refractivity contribution in [2.24, 2.45) is 0 Å². The molecule has 0 saturated carbocycles. The van der Waals surface area contributed by atoms with Gasteiger partial charge in [0.2, 0.25) is 0 Å². The van der Waals surface area contributed by atoms with E-state index in [0.29, 0.717) is 5.13 Å². The number of hydrogen-bond acceptors (Lipinski definition) is 4. The summed E-state index contributed by atoms with van der Waals surface area (Å²) in [7, 11) is 0. The Morgan fingerprint density at radius 2 is 1.89 bits per heavy atom. The highest BCUT2D eigenvalue weighted by atomic mass is 32.1.